The standard InChI is InChI=1S/C16H23NO3/c1-5-17-13(6-7-14(18)19)16(20)15-11(3)8-10(2)9-12(15)4/h8-9,13,17H,5-7H2,1-4H3,(H,18,19). The van der Waals surface area contributed by atoms with Crippen molar-refractivity contribution >= 4 is 11.8 Å². The average molecular weight is 277 g/mol. The van der Waals surface area contributed by atoms with Crippen LogP contribution in [0.3, 0.4) is 0 Å². The van der Waals surface area contributed by atoms with Crippen LogP contribution in [0.5, 0.6) is 0 Å². The van der Waals surface area contributed by atoms with E-state index in [9.17, 15) is 9.59 Å². The quantitative estimate of drug-likeness (QED) is 0.752. The molecule has 2 N–H and O–H groups in total. The zero-order valence-electron chi connectivity index (χ0n) is 12.6. The molecule has 0 fully saturated rings. The van der Waals surface area contributed by atoms with Crippen LogP contribution in [0.1, 0.15) is 46.8 Å². The third-order valence-electron chi connectivity index (χ3n) is 3.34. The molecule has 0 aliphatic carbocycles. The van der Waals surface area contributed by atoms with Gasteiger partial charge in [0.15, 0.2) is 5.78 Å². The molecular formula is C16H23NO3. The first-order chi connectivity index (χ1) is 9.36. The number of likely N-dealkylation sites (N-methyl/N-ethyl adjacent to an activating group) is 1. The van der Waals surface area contributed by atoms with Crippen molar-refractivity contribution in [3.05, 3.63) is 34.4 Å². The lowest BCUT2D eigenvalue weighted by atomic mass is 9.91. The largest absolute Gasteiger partial charge is 0.481 e. The maximum Gasteiger partial charge on any atom is 0.303 e. The monoisotopic (exact) mass is 277 g/mol. The number of ketones is 1. The number of aliphatic carboxylic acids is 1. The smallest absolute Gasteiger partial charge is 0.303 e. The lowest BCUT2D eigenvalue weighted by molar-refractivity contribution is -0.137. The van der Waals surface area contributed by atoms with Gasteiger partial charge in [-0.05, 0) is 44.9 Å². The number of carbonyl (C=O) groups is 2. The molecule has 0 spiro atoms. The van der Waals surface area contributed by atoms with Crippen LogP contribution in [0.2, 0.25) is 0 Å². The molecule has 0 radical (unpaired) electrons. The van der Waals surface area contributed by atoms with E-state index in [0.29, 0.717) is 18.5 Å². The van der Waals surface area contributed by atoms with Gasteiger partial charge in [0.05, 0.1) is 6.04 Å². The van der Waals surface area contributed by atoms with Crippen LogP contribution in [0, 0.1) is 20.8 Å². The van der Waals surface area contributed by atoms with Crippen LogP contribution < -0.4 is 5.32 Å². The zero-order chi connectivity index (χ0) is 15.3. The van der Waals surface area contributed by atoms with Crippen molar-refractivity contribution in [2.24, 2.45) is 0 Å². The molecule has 0 aliphatic rings. The van der Waals surface area contributed by atoms with Gasteiger partial charge in [-0.15, -0.1) is 0 Å². The number of Topliss-reactive ketones (excluding diaryl/α,β-unsaturated/α-hetero) is 1. The summed E-state index contributed by atoms with van der Waals surface area (Å²) >= 11 is 0. The van der Waals surface area contributed by atoms with Crippen molar-refractivity contribution < 1.29 is 14.7 Å². The van der Waals surface area contributed by atoms with Crippen molar-refractivity contribution in [1.29, 1.82) is 0 Å². The number of carboxylic acid groups (broad SMARTS) is 1. The number of carbonyl (C=O) groups excluding carboxylic acids is 1. The van der Waals surface area contributed by atoms with Crippen molar-refractivity contribution in [2.75, 3.05) is 6.54 Å². The van der Waals surface area contributed by atoms with Gasteiger partial charge in [0.1, 0.15) is 0 Å². The highest BCUT2D eigenvalue weighted by molar-refractivity contribution is 6.02. The predicted octanol–water partition coefficient (Wildman–Crippen LogP) is 2.64. The van der Waals surface area contributed by atoms with Crippen LogP contribution in [0.15, 0.2) is 12.1 Å². The fraction of sp³-hybridized carbons (Fsp3) is 0.500. The van der Waals surface area contributed by atoms with Gasteiger partial charge in [-0.1, -0.05) is 24.6 Å². The SMILES string of the molecule is CCNC(CCC(=O)O)C(=O)c1c(C)cc(C)cc1C. The summed E-state index contributed by atoms with van der Waals surface area (Å²) in [5.41, 5.74) is 3.74. The number of benzene rings is 1. The number of aryl methyl sites for hydroxylation is 3. The molecule has 110 valence electrons. The summed E-state index contributed by atoms with van der Waals surface area (Å²) in [6.07, 6.45) is 0.308. The first kappa shape index (κ1) is 16.4. The van der Waals surface area contributed by atoms with Gasteiger partial charge in [0.2, 0.25) is 0 Å². The summed E-state index contributed by atoms with van der Waals surface area (Å²) in [5.74, 6) is -0.888. The van der Waals surface area contributed by atoms with E-state index in [2.05, 4.69) is 5.32 Å². The Morgan fingerprint density at radius 2 is 1.75 bits per heavy atom. The molecule has 0 aliphatic heterocycles. The Balaban J connectivity index is 3.03. The fourth-order valence-electron chi connectivity index (χ4n) is 2.58. The third-order valence-corrected chi connectivity index (χ3v) is 3.34. The van der Waals surface area contributed by atoms with Gasteiger partial charge in [0, 0.05) is 12.0 Å². The first-order valence-electron chi connectivity index (χ1n) is 6.94. The van der Waals surface area contributed by atoms with Crippen LogP contribution in [0.25, 0.3) is 0 Å². The summed E-state index contributed by atoms with van der Waals surface area (Å²) in [6, 6.07) is 3.54. The normalized spacial score (nSPS) is 12.2. The Kier molecular flexibility index (Phi) is 5.89. The number of carboxylic acids is 1. The highest BCUT2D eigenvalue weighted by Gasteiger charge is 2.23. The maximum atomic E-state index is 12.6. The van der Waals surface area contributed by atoms with E-state index in [1.165, 1.54) is 0 Å². The maximum absolute atomic E-state index is 12.6. The molecule has 1 unspecified atom stereocenters. The Morgan fingerprint density at radius 1 is 1.20 bits per heavy atom. The summed E-state index contributed by atoms with van der Waals surface area (Å²) in [7, 11) is 0. The predicted molar refractivity (Wildman–Crippen MR) is 79.3 cm³/mol. The Morgan fingerprint density at radius 3 is 2.20 bits per heavy atom. The van der Waals surface area contributed by atoms with Gasteiger partial charge in [-0.3, -0.25) is 9.59 Å². The average Bonchev–Trinajstić information content (AvgIpc) is 2.32. The highest BCUT2D eigenvalue weighted by Crippen LogP contribution is 2.19. The lowest BCUT2D eigenvalue weighted by Crippen LogP contribution is -2.37. The van der Waals surface area contributed by atoms with Crippen LogP contribution in [0.4, 0.5) is 0 Å². The summed E-state index contributed by atoms with van der Waals surface area (Å²) in [4.78, 5) is 23.4. The molecule has 0 heterocycles. The van der Waals surface area contributed by atoms with Gasteiger partial charge < -0.3 is 10.4 Å². The van der Waals surface area contributed by atoms with E-state index in [4.69, 9.17) is 5.11 Å². The number of hydrogen-bond donors (Lipinski definition) is 2. The minimum absolute atomic E-state index is 0.00658. The summed E-state index contributed by atoms with van der Waals surface area (Å²) in [5, 5.41) is 11.9. The molecule has 1 rings (SSSR count). The number of nitrogens with one attached hydrogen (secondary N) is 1. The van der Waals surface area contributed by atoms with Crippen molar-refractivity contribution in [2.45, 2.75) is 46.6 Å². The van der Waals surface area contributed by atoms with Gasteiger partial charge >= 0.3 is 5.97 Å². The minimum atomic E-state index is -0.877. The lowest BCUT2D eigenvalue weighted by Gasteiger charge is -2.19. The van der Waals surface area contributed by atoms with Crippen molar-refractivity contribution in [3.63, 3.8) is 0 Å². The van der Waals surface area contributed by atoms with Crippen molar-refractivity contribution in [3.8, 4) is 0 Å². The second-order valence-electron chi connectivity index (χ2n) is 5.18. The molecule has 4 heteroatoms. The first-order valence-corrected chi connectivity index (χ1v) is 6.94. The van der Waals surface area contributed by atoms with E-state index < -0.39 is 12.0 Å². The van der Waals surface area contributed by atoms with Crippen LogP contribution in [-0.4, -0.2) is 29.4 Å². The van der Waals surface area contributed by atoms with Crippen LogP contribution in [-0.2, 0) is 4.79 Å². The molecule has 0 amide bonds. The molecule has 1 aromatic rings. The molecule has 1 aromatic carbocycles. The van der Waals surface area contributed by atoms with Crippen molar-refractivity contribution in [1.82, 2.24) is 5.32 Å². The topological polar surface area (TPSA) is 66.4 Å². The van der Waals surface area contributed by atoms with Crippen LogP contribution >= 0.6 is 0 Å². The molecule has 0 saturated carbocycles. The van der Waals surface area contributed by atoms with E-state index in [1.54, 1.807) is 0 Å². The molecule has 0 bridgehead atoms. The zero-order valence-corrected chi connectivity index (χ0v) is 12.6. The Hall–Kier alpha value is -1.68. The molecular weight excluding hydrogens is 254 g/mol. The molecule has 0 saturated heterocycles. The molecule has 4 nitrogen and oxygen atoms in total. The fourth-order valence-corrected chi connectivity index (χ4v) is 2.58. The number of hydrogen-bond acceptors (Lipinski definition) is 3. The molecule has 20 heavy (non-hydrogen) atoms. The van der Waals surface area contributed by atoms with Gasteiger partial charge in [-0.25, -0.2) is 0 Å². The second-order valence-corrected chi connectivity index (χ2v) is 5.18. The Labute approximate surface area is 120 Å². The van der Waals surface area contributed by atoms with E-state index in [-0.39, 0.29) is 12.2 Å². The summed E-state index contributed by atoms with van der Waals surface area (Å²) in [6.45, 7) is 8.40. The second kappa shape index (κ2) is 7.20. The third kappa shape index (κ3) is 4.17. The van der Waals surface area contributed by atoms with E-state index in [0.717, 1.165) is 16.7 Å². The van der Waals surface area contributed by atoms with Gasteiger partial charge in [-0.2, -0.15) is 0 Å². The highest BCUT2D eigenvalue weighted by atomic mass is 16.4. The summed E-state index contributed by atoms with van der Waals surface area (Å²) < 4.78 is 0. The number of rotatable bonds is 7. The Bertz CT molecular complexity index is 485. The van der Waals surface area contributed by atoms with Gasteiger partial charge in [0.25, 0.3) is 0 Å². The van der Waals surface area contributed by atoms with E-state index >= 15 is 0 Å². The molecule has 1 atom stereocenters. The minimum Gasteiger partial charge on any atom is -0.481 e. The molecule has 0 aromatic heterocycles. The van der Waals surface area contributed by atoms with E-state index in [1.807, 2.05) is 39.8 Å².